The monoisotopic (exact) mass is 200 g/mol. The highest BCUT2D eigenvalue weighted by Crippen LogP contribution is 2.45. The zero-order chi connectivity index (χ0) is 10.6. The minimum absolute atomic E-state index is 0.446. The van der Waals surface area contributed by atoms with Crippen LogP contribution in [0.25, 0.3) is 0 Å². The summed E-state index contributed by atoms with van der Waals surface area (Å²) in [5.41, 5.74) is -0.446. The van der Waals surface area contributed by atoms with E-state index in [4.69, 9.17) is 4.74 Å². The molecule has 3 heteroatoms. The highest BCUT2D eigenvalue weighted by molar-refractivity contribution is 5.75. The summed E-state index contributed by atoms with van der Waals surface area (Å²) in [6.07, 6.45) is 4.36. The summed E-state index contributed by atoms with van der Waals surface area (Å²) < 4.78 is 4.96. The van der Waals surface area contributed by atoms with Gasteiger partial charge in [0.15, 0.2) is 0 Å². The Morgan fingerprint density at radius 1 is 1.64 bits per heavy atom. The third-order valence-electron chi connectivity index (χ3n) is 3.31. The lowest BCUT2D eigenvalue weighted by Gasteiger charge is -2.23. The number of hydrogen-bond acceptors (Lipinski definition) is 2. The summed E-state index contributed by atoms with van der Waals surface area (Å²) in [6, 6.07) is 0. The summed E-state index contributed by atoms with van der Waals surface area (Å²) >= 11 is 0. The molecule has 1 saturated carbocycles. The van der Waals surface area contributed by atoms with Crippen molar-refractivity contribution in [2.24, 2.45) is 11.3 Å². The first kappa shape index (κ1) is 11.5. The number of ether oxygens (including phenoxy) is 1. The molecule has 0 aliphatic heterocycles. The number of carbonyl (C=O) groups is 1. The molecular formula is C11H20O3. The van der Waals surface area contributed by atoms with Gasteiger partial charge in [-0.15, -0.1) is 0 Å². The molecule has 0 saturated heterocycles. The SMILES string of the molecule is COCCCC1(C(=O)O)CCC(C)C1. The minimum atomic E-state index is -0.613. The second-order valence-electron chi connectivity index (χ2n) is 4.53. The van der Waals surface area contributed by atoms with Gasteiger partial charge >= 0.3 is 5.97 Å². The van der Waals surface area contributed by atoms with Gasteiger partial charge in [0.1, 0.15) is 0 Å². The van der Waals surface area contributed by atoms with Crippen LogP contribution in [-0.2, 0) is 9.53 Å². The van der Waals surface area contributed by atoms with Gasteiger partial charge in [-0.05, 0) is 38.0 Å². The first-order valence-corrected chi connectivity index (χ1v) is 5.33. The van der Waals surface area contributed by atoms with Crippen molar-refractivity contribution in [3.05, 3.63) is 0 Å². The zero-order valence-corrected chi connectivity index (χ0v) is 9.08. The van der Waals surface area contributed by atoms with Crippen LogP contribution >= 0.6 is 0 Å². The third-order valence-corrected chi connectivity index (χ3v) is 3.31. The number of hydrogen-bond donors (Lipinski definition) is 1. The fourth-order valence-corrected chi connectivity index (χ4v) is 2.48. The molecule has 0 aromatic carbocycles. The van der Waals surface area contributed by atoms with Gasteiger partial charge in [-0.1, -0.05) is 6.92 Å². The molecule has 82 valence electrons. The maximum atomic E-state index is 11.2. The third kappa shape index (κ3) is 2.47. The van der Waals surface area contributed by atoms with E-state index in [2.05, 4.69) is 6.92 Å². The predicted molar refractivity (Wildman–Crippen MR) is 54.2 cm³/mol. The molecule has 0 aromatic rings. The van der Waals surface area contributed by atoms with E-state index in [0.29, 0.717) is 12.5 Å². The molecule has 2 unspecified atom stereocenters. The van der Waals surface area contributed by atoms with Crippen molar-refractivity contribution in [3.63, 3.8) is 0 Å². The zero-order valence-electron chi connectivity index (χ0n) is 9.08. The van der Waals surface area contributed by atoms with Crippen LogP contribution in [0.5, 0.6) is 0 Å². The van der Waals surface area contributed by atoms with Crippen LogP contribution in [0.2, 0.25) is 0 Å². The van der Waals surface area contributed by atoms with Crippen LogP contribution in [0.1, 0.15) is 39.0 Å². The Bertz CT molecular complexity index is 203. The summed E-state index contributed by atoms with van der Waals surface area (Å²) in [5.74, 6) is -0.0494. The maximum absolute atomic E-state index is 11.2. The van der Waals surface area contributed by atoms with E-state index in [0.717, 1.165) is 32.1 Å². The van der Waals surface area contributed by atoms with Crippen LogP contribution in [0, 0.1) is 11.3 Å². The van der Waals surface area contributed by atoms with Gasteiger partial charge in [-0.25, -0.2) is 0 Å². The van der Waals surface area contributed by atoms with E-state index in [1.54, 1.807) is 7.11 Å². The molecule has 1 aliphatic rings. The molecule has 1 rings (SSSR count). The predicted octanol–water partition coefficient (Wildman–Crippen LogP) is 2.30. The molecule has 14 heavy (non-hydrogen) atoms. The Labute approximate surface area is 85.5 Å². The second-order valence-corrected chi connectivity index (χ2v) is 4.53. The molecule has 1 aliphatic carbocycles. The summed E-state index contributed by atoms with van der Waals surface area (Å²) in [7, 11) is 1.66. The Balaban J connectivity index is 2.50. The minimum Gasteiger partial charge on any atom is -0.481 e. The van der Waals surface area contributed by atoms with Crippen molar-refractivity contribution in [3.8, 4) is 0 Å². The van der Waals surface area contributed by atoms with Gasteiger partial charge in [0.2, 0.25) is 0 Å². The highest BCUT2D eigenvalue weighted by atomic mass is 16.5. The average Bonchev–Trinajstić information content (AvgIpc) is 2.49. The Morgan fingerprint density at radius 2 is 2.36 bits per heavy atom. The Morgan fingerprint density at radius 3 is 2.79 bits per heavy atom. The highest BCUT2D eigenvalue weighted by Gasteiger charge is 2.43. The van der Waals surface area contributed by atoms with E-state index < -0.39 is 11.4 Å². The van der Waals surface area contributed by atoms with Gasteiger partial charge in [-0.2, -0.15) is 0 Å². The molecule has 1 fully saturated rings. The molecule has 0 bridgehead atoms. The maximum Gasteiger partial charge on any atom is 0.309 e. The van der Waals surface area contributed by atoms with Crippen molar-refractivity contribution in [2.75, 3.05) is 13.7 Å². The van der Waals surface area contributed by atoms with E-state index in [1.165, 1.54) is 0 Å². The smallest absolute Gasteiger partial charge is 0.309 e. The van der Waals surface area contributed by atoms with Crippen LogP contribution < -0.4 is 0 Å². The van der Waals surface area contributed by atoms with E-state index in [-0.39, 0.29) is 0 Å². The van der Waals surface area contributed by atoms with Crippen LogP contribution in [-0.4, -0.2) is 24.8 Å². The molecular weight excluding hydrogens is 180 g/mol. The van der Waals surface area contributed by atoms with Crippen molar-refractivity contribution in [2.45, 2.75) is 39.0 Å². The molecule has 2 atom stereocenters. The molecule has 0 spiro atoms. The lowest BCUT2D eigenvalue weighted by molar-refractivity contribution is -0.149. The first-order chi connectivity index (χ1) is 6.60. The van der Waals surface area contributed by atoms with Crippen molar-refractivity contribution in [1.82, 2.24) is 0 Å². The van der Waals surface area contributed by atoms with Crippen molar-refractivity contribution < 1.29 is 14.6 Å². The second kappa shape index (κ2) is 4.78. The first-order valence-electron chi connectivity index (χ1n) is 5.33. The van der Waals surface area contributed by atoms with E-state index >= 15 is 0 Å². The number of methoxy groups -OCH3 is 1. The van der Waals surface area contributed by atoms with Crippen molar-refractivity contribution >= 4 is 5.97 Å². The summed E-state index contributed by atoms with van der Waals surface area (Å²) in [5, 5.41) is 9.24. The van der Waals surface area contributed by atoms with Crippen LogP contribution in [0.3, 0.4) is 0 Å². The fourth-order valence-electron chi connectivity index (χ4n) is 2.48. The van der Waals surface area contributed by atoms with Gasteiger partial charge in [0.05, 0.1) is 5.41 Å². The van der Waals surface area contributed by atoms with Crippen LogP contribution in [0.15, 0.2) is 0 Å². The van der Waals surface area contributed by atoms with Crippen molar-refractivity contribution in [1.29, 1.82) is 0 Å². The molecule has 0 heterocycles. The van der Waals surface area contributed by atoms with Gasteiger partial charge in [-0.3, -0.25) is 4.79 Å². The fraction of sp³-hybridized carbons (Fsp3) is 0.909. The molecule has 0 radical (unpaired) electrons. The average molecular weight is 200 g/mol. The number of carboxylic acid groups (broad SMARTS) is 1. The Hall–Kier alpha value is -0.570. The quantitative estimate of drug-likeness (QED) is 0.693. The molecule has 0 aromatic heterocycles. The summed E-state index contributed by atoms with van der Waals surface area (Å²) in [4.78, 5) is 11.2. The molecule has 1 N–H and O–H groups in total. The lowest BCUT2D eigenvalue weighted by atomic mass is 9.81. The van der Waals surface area contributed by atoms with Gasteiger partial charge in [0, 0.05) is 13.7 Å². The normalized spacial score (nSPS) is 32.0. The largest absolute Gasteiger partial charge is 0.481 e. The van der Waals surface area contributed by atoms with Gasteiger partial charge in [0.25, 0.3) is 0 Å². The topological polar surface area (TPSA) is 46.5 Å². The lowest BCUT2D eigenvalue weighted by Crippen LogP contribution is -2.28. The molecule has 3 nitrogen and oxygen atoms in total. The van der Waals surface area contributed by atoms with E-state index in [1.807, 2.05) is 0 Å². The number of rotatable bonds is 5. The van der Waals surface area contributed by atoms with Crippen LogP contribution in [0.4, 0.5) is 0 Å². The molecule has 0 amide bonds. The number of carboxylic acids is 1. The van der Waals surface area contributed by atoms with Gasteiger partial charge < -0.3 is 9.84 Å². The number of aliphatic carboxylic acids is 1. The summed E-state index contributed by atoms with van der Waals surface area (Å²) in [6.45, 7) is 2.81. The Kier molecular flexibility index (Phi) is 3.93. The van der Waals surface area contributed by atoms with E-state index in [9.17, 15) is 9.90 Å². The standard InChI is InChI=1S/C11H20O3/c1-9-4-6-11(8-9,10(12)13)5-3-7-14-2/h9H,3-8H2,1-2H3,(H,12,13).